The Kier molecular flexibility index (Phi) is 4.96. The number of aromatic nitrogens is 3. The van der Waals surface area contributed by atoms with Gasteiger partial charge < -0.3 is 4.74 Å². The van der Waals surface area contributed by atoms with Gasteiger partial charge in [0.1, 0.15) is 5.52 Å². The summed E-state index contributed by atoms with van der Waals surface area (Å²) >= 11 is 8.97. The number of pyridine rings is 1. The molecule has 11 heteroatoms. The number of esters is 1. The number of carbonyl (C=O) groups is 2. The van der Waals surface area contributed by atoms with Crippen LogP contribution in [0.1, 0.15) is 26.3 Å². The normalized spacial score (nSPS) is 11.6. The minimum atomic E-state index is -4.80. The number of alkyl halides is 3. The molecular weight excluding hydrogens is 455 g/mol. The van der Waals surface area contributed by atoms with E-state index in [0.29, 0.717) is 4.68 Å². The third-order valence-corrected chi connectivity index (χ3v) is 4.47. The van der Waals surface area contributed by atoms with Gasteiger partial charge in [-0.15, -0.1) is 0 Å². The molecule has 27 heavy (non-hydrogen) atoms. The predicted octanol–water partition coefficient (Wildman–Crippen LogP) is 4.34. The lowest BCUT2D eigenvalue weighted by Gasteiger charge is -2.13. The van der Waals surface area contributed by atoms with Crippen molar-refractivity contribution in [2.75, 3.05) is 7.11 Å². The first kappa shape index (κ1) is 19.3. The third kappa shape index (κ3) is 3.42. The summed E-state index contributed by atoms with van der Waals surface area (Å²) in [4.78, 5) is 28.6. The number of rotatable bonds is 2. The van der Waals surface area contributed by atoms with Crippen LogP contribution in [-0.2, 0) is 10.9 Å². The highest BCUT2D eigenvalue weighted by Gasteiger charge is 2.37. The molecule has 140 valence electrons. The largest absolute Gasteiger partial charge is 0.465 e. The molecule has 1 aromatic carbocycles. The van der Waals surface area contributed by atoms with E-state index in [9.17, 15) is 22.8 Å². The highest BCUT2D eigenvalue weighted by Crippen LogP contribution is 2.36. The van der Waals surface area contributed by atoms with Crippen molar-refractivity contribution in [1.29, 1.82) is 0 Å². The van der Waals surface area contributed by atoms with E-state index in [1.165, 1.54) is 18.3 Å². The summed E-state index contributed by atoms with van der Waals surface area (Å²) in [6.45, 7) is 0. The molecule has 0 fully saturated rings. The fourth-order valence-electron chi connectivity index (χ4n) is 2.43. The maximum absolute atomic E-state index is 13.3. The number of benzene rings is 1. The maximum atomic E-state index is 13.3. The van der Waals surface area contributed by atoms with Crippen molar-refractivity contribution in [2.24, 2.45) is 0 Å². The molecule has 0 N–H and O–H groups in total. The first-order valence-corrected chi connectivity index (χ1v) is 8.35. The molecule has 0 unspecified atom stereocenters. The number of methoxy groups -OCH3 is 1. The molecule has 0 amide bonds. The number of ether oxygens (including phenoxy) is 1. The maximum Gasteiger partial charge on any atom is 0.417 e. The summed E-state index contributed by atoms with van der Waals surface area (Å²) in [5.41, 5.74) is -1.76. The van der Waals surface area contributed by atoms with Crippen LogP contribution in [0.15, 0.2) is 35.1 Å². The average Bonchev–Trinajstić information content (AvgIpc) is 2.95. The van der Waals surface area contributed by atoms with Gasteiger partial charge in [0, 0.05) is 6.20 Å². The molecule has 0 saturated heterocycles. The van der Waals surface area contributed by atoms with Crippen LogP contribution in [-0.4, -0.2) is 33.8 Å². The van der Waals surface area contributed by atoms with Gasteiger partial charge >= 0.3 is 12.1 Å². The second-order valence-electron chi connectivity index (χ2n) is 5.25. The zero-order valence-electron chi connectivity index (χ0n) is 13.3. The molecular formula is C16H8BrClF3N3O3. The van der Waals surface area contributed by atoms with Crippen LogP contribution in [0.4, 0.5) is 13.2 Å². The van der Waals surface area contributed by atoms with Gasteiger partial charge in [-0.2, -0.15) is 23.0 Å². The van der Waals surface area contributed by atoms with E-state index < -0.39 is 29.2 Å². The van der Waals surface area contributed by atoms with E-state index >= 15 is 0 Å². The number of hydrogen-bond acceptors (Lipinski definition) is 5. The molecule has 0 atom stereocenters. The van der Waals surface area contributed by atoms with E-state index in [0.717, 1.165) is 19.2 Å². The second-order valence-corrected chi connectivity index (χ2v) is 6.41. The van der Waals surface area contributed by atoms with Gasteiger partial charge in [-0.05, 0) is 34.1 Å². The summed E-state index contributed by atoms with van der Waals surface area (Å²) in [5.74, 6) is -1.85. The van der Waals surface area contributed by atoms with E-state index in [-0.39, 0.29) is 26.2 Å². The molecule has 2 aromatic heterocycles. The predicted molar refractivity (Wildman–Crippen MR) is 92.8 cm³/mol. The Balaban J connectivity index is 2.25. The fourth-order valence-corrected chi connectivity index (χ4v) is 3.15. The van der Waals surface area contributed by atoms with Gasteiger partial charge in [0.15, 0.2) is 4.60 Å². The summed E-state index contributed by atoms with van der Waals surface area (Å²) in [5, 5.41) is 3.52. The van der Waals surface area contributed by atoms with Crippen molar-refractivity contribution in [3.05, 3.63) is 56.8 Å². The molecule has 0 bridgehead atoms. The molecule has 0 aliphatic rings. The fraction of sp³-hybridized carbons (Fsp3) is 0.125. The smallest absolute Gasteiger partial charge is 0.417 e. The van der Waals surface area contributed by atoms with E-state index in [1.54, 1.807) is 0 Å². The molecule has 2 heterocycles. The average molecular weight is 463 g/mol. The number of carbonyl (C=O) groups excluding carboxylic acids is 2. The molecule has 0 spiro atoms. The summed E-state index contributed by atoms with van der Waals surface area (Å²) in [6.07, 6.45) is -3.60. The van der Waals surface area contributed by atoms with Crippen molar-refractivity contribution in [2.45, 2.75) is 6.18 Å². The minimum Gasteiger partial charge on any atom is -0.465 e. The van der Waals surface area contributed by atoms with Crippen molar-refractivity contribution in [3.8, 4) is 0 Å². The van der Waals surface area contributed by atoms with Gasteiger partial charge in [0.25, 0.3) is 5.91 Å². The molecule has 6 nitrogen and oxygen atoms in total. The van der Waals surface area contributed by atoms with Crippen LogP contribution < -0.4 is 0 Å². The SMILES string of the molecule is COC(=O)c1cnc2c(Br)nn(C(=O)c3c(Cl)cccc3C(F)(F)F)c2c1. The van der Waals surface area contributed by atoms with Gasteiger partial charge in [0.05, 0.1) is 34.3 Å². The molecule has 0 radical (unpaired) electrons. The summed E-state index contributed by atoms with van der Waals surface area (Å²) < 4.78 is 45.4. The second kappa shape index (κ2) is 6.93. The molecule has 0 aliphatic heterocycles. The summed E-state index contributed by atoms with van der Waals surface area (Å²) in [6, 6.07) is 4.25. The first-order valence-electron chi connectivity index (χ1n) is 7.18. The first-order chi connectivity index (χ1) is 12.6. The third-order valence-electron chi connectivity index (χ3n) is 3.63. The zero-order chi connectivity index (χ0) is 19.9. The monoisotopic (exact) mass is 461 g/mol. The Labute approximate surface area is 163 Å². The van der Waals surface area contributed by atoms with E-state index in [4.69, 9.17) is 11.6 Å². The molecule has 0 saturated carbocycles. The number of halogens is 5. The Morgan fingerprint density at radius 2 is 2.00 bits per heavy atom. The Bertz CT molecular complexity index is 1080. The number of nitrogens with zero attached hydrogens (tertiary/aromatic N) is 3. The highest BCUT2D eigenvalue weighted by molar-refractivity contribution is 9.10. The van der Waals surface area contributed by atoms with Gasteiger partial charge in [0.2, 0.25) is 0 Å². The van der Waals surface area contributed by atoms with Crippen LogP contribution in [0.25, 0.3) is 11.0 Å². The van der Waals surface area contributed by atoms with E-state index in [1.807, 2.05) is 0 Å². The van der Waals surface area contributed by atoms with Crippen molar-refractivity contribution in [3.63, 3.8) is 0 Å². The highest BCUT2D eigenvalue weighted by atomic mass is 79.9. The Morgan fingerprint density at radius 3 is 2.63 bits per heavy atom. The van der Waals surface area contributed by atoms with Crippen LogP contribution in [0, 0.1) is 0 Å². The summed E-state index contributed by atoms with van der Waals surface area (Å²) in [7, 11) is 1.16. The Morgan fingerprint density at radius 1 is 1.30 bits per heavy atom. The van der Waals surface area contributed by atoms with Gasteiger partial charge in [-0.3, -0.25) is 9.78 Å². The van der Waals surface area contributed by atoms with Crippen molar-refractivity contribution >= 4 is 50.4 Å². The standard InChI is InChI=1S/C16H8BrClF3N3O3/c1-27-15(26)7-5-10-12(22-6-7)13(17)23-24(10)14(25)11-8(16(19,20)21)3-2-4-9(11)18/h2-6H,1H3. The number of fused-ring (bicyclic) bond motifs is 1. The molecule has 3 rings (SSSR count). The van der Waals surface area contributed by atoms with Gasteiger partial charge in [-0.1, -0.05) is 17.7 Å². The zero-order valence-corrected chi connectivity index (χ0v) is 15.7. The quantitative estimate of drug-likeness (QED) is 0.530. The van der Waals surface area contributed by atoms with Crippen LogP contribution in [0.3, 0.4) is 0 Å². The van der Waals surface area contributed by atoms with Crippen LogP contribution in [0.5, 0.6) is 0 Å². The number of hydrogen-bond donors (Lipinski definition) is 0. The lowest BCUT2D eigenvalue weighted by Crippen LogP contribution is -2.20. The van der Waals surface area contributed by atoms with Crippen molar-refractivity contribution in [1.82, 2.24) is 14.8 Å². The van der Waals surface area contributed by atoms with Crippen LogP contribution in [0.2, 0.25) is 5.02 Å². The molecule has 0 aliphatic carbocycles. The molecule has 3 aromatic rings. The topological polar surface area (TPSA) is 74.1 Å². The minimum absolute atomic E-state index is 0.00153. The van der Waals surface area contributed by atoms with E-state index in [2.05, 4.69) is 30.7 Å². The van der Waals surface area contributed by atoms with Crippen molar-refractivity contribution < 1.29 is 27.5 Å². The Hall–Kier alpha value is -2.46. The lowest BCUT2D eigenvalue weighted by molar-refractivity contribution is -0.137. The van der Waals surface area contributed by atoms with Gasteiger partial charge in [-0.25, -0.2) is 4.79 Å². The van der Waals surface area contributed by atoms with Crippen LogP contribution >= 0.6 is 27.5 Å². The lowest BCUT2D eigenvalue weighted by atomic mass is 10.1.